The van der Waals surface area contributed by atoms with Crippen LogP contribution in [0.25, 0.3) is 0 Å². The first kappa shape index (κ1) is 11.5. The minimum atomic E-state index is -2.85. The molecule has 0 atom stereocenters. The van der Waals surface area contributed by atoms with E-state index in [4.69, 9.17) is 4.74 Å². The number of fused-ring (bicyclic) bond motifs is 1. The maximum absolute atomic E-state index is 13.6. The van der Waals surface area contributed by atoms with E-state index < -0.39 is 12.5 Å². The third kappa shape index (κ3) is 1.84. The maximum Gasteiger partial charge on any atom is 0.296 e. The Morgan fingerprint density at radius 1 is 1.25 bits per heavy atom. The van der Waals surface area contributed by atoms with Gasteiger partial charge >= 0.3 is 0 Å². The molecule has 0 amide bonds. The molecule has 0 radical (unpaired) electrons. The number of hydrogen-bond donors (Lipinski definition) is 0. The summed E-state index contributed by atoms with van der Waals surface area (Å²) in [5.74, 6) is -2.85. The molecule has 0 spiro atoms. The van der Waals surface area contributed by atoms with Crippen LogP contribution in [-0.4, -0.2) is 6.61 Å². The summed E-state index contributed by atoms with van der Waals surface area (Å²) in [4.78, 5) is 0. The second-order valence-electron chi connectivity index (χ2n) is 5.28. The highest BCUT2D eigenvalue weighted by atomic mass is 19.3. The van der Waals surface area contributed by atoms with Crippen LogP contribution >= 0.6 is 0 Å². The quantitative estimate of drug-likeness (QED) is 0.656. The molecule has 0 aromatic heterocycles. The largest absolute Gasteiger partial charge is 0.370 e. The lowest BCUT2D eigenvalue weighted by Gasteiger charge is -2.31. The summed E-state index contributed by atoms with van der Waals surface area (Å²) in [5, 5.41) is 0. The SMILES string of the molecule is CC(C)(C)c1cccc2c1COCC2(F)F. The molecule has 0 aliphatic carbocycles. The Labute approximate surface area is 94.4 Å². The second-order valence-corrected chi connectivity index (χ2v) is 5.28. The normalized spacial score (nSPS) is 19.3. The van der Waals surface area contributed by atoms with Gasteiger partial charge in [-0.05, 0) is 16.5 Å². The van der Waals surface area contributed by atoms with E-state index in [0.717, 1.165) is 5.56 Å². The zero-order valence-corrected chi connectivity index (χ0v) is 9.81. The Hall–Kier alpha value is -0.960. The lowest BCUT2D eigenvalue weighted by Crippen LogP contribution is -2.30. The predicted molar refractivity (Wildman–Crippen MR) is 58.7 cm³/mol. The van der Waals surface area contributed by atoms with Gasteiger partial charge in [-0.1, -0.05) is 39.0 Å². The van der Waals surface area contributed by atoms with Crippen LogP contribution in [0.3, 0.4) is 0 Å². The minimum Gasteiger partial charge on any atom is -0.370 e. The predicted octanol–water partition coefficient (Wildman–Crippen LogP) is 3.61. The molecule has 0 N–H and O–H groups in total. The fourth-order valence-electron chi connectivity index (χ4n) is 2.15. The van der Waals surface area contributed by atoms with Gasteiger partial charge in [0.25, 0.3) is 5.92 Å². The van der Waals surface area contributed by atoms with Crippen molar-refractivity contribution in [1.29, 1.82) is 0 Å². The van der Waals surface area contributed by atoms with Crippen molar-refractivity contribution in [2.24, 2.45) is 0 Å². The number of benzene rings is 1. The van der Waals surface area contributed by atoms with Gasteiger partial charge < -0.3 is 4.74 Å². The Bertz CT molecular complexity index is 391. The first-order chi connectivity index (χ1) is 7.32. The average Bonchev–Trinajstić information content (AvgIpc) is 2.15. The molecule has 0 unspecified atom stereocenters. The van der Waals surface area contributed by atoms with Gasteiger partial charge in [-0.3, -0.25) is 0 Å². The van der Waals surface area contributed by atoms with Crippen LogP contribution in [0.2, 0.25) is 0 Å². The van der Waals surface area contributed by atoms with Crippen molar-refractivity contribution in [1.82, 2.24) is 0 Å². The molecule has 1 aromatic carbocycles. The highest BCUT2D eigenvalue weighted by molar-refractivity contribution is 5.42. The van der Waals surface area contributed by atoms with Gasteiger partial charge in [0.2, 0.25) is 0 Å². The van der Waals surface area contributed by atoms with E-state index >= 15 is 0 Å². The molecule has 0 saturated heterocycles. The average molecular weight is 226 g/mol. The molecule has 3 heteroatoms. The molecule has 0 fully saturated rings. The van der Waals surface area contributed by atoms with Crippen LogP contribution in [0.1, 0.15) is 37.5 Å². The van der Waals surface area contributed by atoms with Crippen LogP contribution < -0.4 is 0 Å². The fraction of sp³-hybridized carbons (Fsp3) is 0.538. The van der Waals surface area contributed by atoms with Crippen molar-refractivity contribution >= 4 is 0 Å². The van der Waals surface area contributed by atoms with Crippen molar-refractivity contribution in [2.75, 3.05) is 6.61 Å². The van der Waals surface area contributed by atoms with Gasteiger partial charge in [-0.25, -0.2) is 0 Å². The summed E-state index contributed by atoms with van der Waals surface area (Å²) >= 11 is 0. The van der Waals surface area contributed by atoms with Gasteiger partial charge in [0.1, 0.15) is 6.61 Å². The van der Waals surface area contributed by atoms with Gasteiger partial charge in [0, 0.05) is 5.56 Å². The van der Waals surface area contributed by atoms with Crippen molar-refractivity contribution in [3.05, 3.63) is 34.9 Å². The molecule has 88 valence electrons. The Kier molecular flexibility index (Phi) is 2.54. The van der Waals surface area contributed by atoms with Crippen LogP contribution in [0.15, 0.2) is 18.2 Å². The number of hydrogen-bond acceptors (Lipinski definition) is 1. The summed E-state index contributed by atoms with van der Waals surface area (Å²) in [5.41, 5.74) is 1.60. The first-order valence-electron chi connectivity index (χ1n) is 5.41. The van der Waals surface area contributed by atoms with Crippen LogP contribution in [0, 0.1) is 0 Å². The molecular formula is C13H16F2O. The van der Waals surface area contributed by atoms with Crippen LogP contribution in [-0.2, 0) is 22.7 Å². The smallest absolute Gasteiger partial charge is 0.296 e. The molecule has 0 bridgehead atoms. The zero-order chi connectivity index (χ0) is 12.0. The Balaban J connectivity index is 2.61. The summed E-state index contributed by atoms with van der Waals surface area (Å²) in [6.45, 7) is 5.85. The molecule has 1 aliphatic heterocycles. The number of ether oxygens (including phenoxy) is 1. The van der Waals surface area contributed by atoms with E-state index in [0.29, 0.717) is 12.2 Å². The van der Waals surface area contributed by atoms with E-state index in [1.807, 2.05) is 26.8 Å². The van der Waals surface area contributed by atoms with Gasteiger partial charge in [-0.15, -0.1) is 0 Å². The van der Waals surface area contributed by atoms with E-state index in [9.17, 15) is 8.78 Å². The van der Waals surface area contributed by atoms with Crippen LogP contribution in [0.4, 0.5) is 8.78 Å². The number of alkyl halides is 2. The van der Waals surface area contributed by atoms with E-state index in [1.165, 1.54) is 6.07 Å². The second kappa shape index (κ2) is 3.52. The maximum atomic E-state index is 13.6. The van der Waals surface area contributed by atoms with E-state index in [1.54, 1.807) is 6.07 Å². The number of halogens is 2. The van der Waals surface area contributed by atoms with Crippen LogP contribution in [0.5, 0.6) is 0 Å². The highest BCUT2D eigenvalue weighted by Crippen LogP contribution is 2.39. The lowest BCUT2D eigenvalue weighted by atomic mass is 9.81. The monoisotopic (exact) mass is 226 g/mol. The molecule has 2 rings (SSSR count). The fourth-order valence-corrected chi connectivity index (χ4v) is 2.15. The molecule has 16 heavy (non-hydrogen) atoms. The van der Waals surface area contributed by atoms with Crippen molar-refractivity contribution in [3.63, 3.8) is 0 Å². The first-order valence-corrected chi connectivity index (χ1v) is 5.41. The summed E-state index contributed by atoms with van der Waals surface area (Å²) in [6.07, 6.45) is 0. The third-order valence-electron chi connectivity index (χ3n) is 2.91. The topological polar surface area (TPSA) is 9.23 Å². The van der Waals surface area contributed by atoms with E-state index in [-0.39, 0.29) is 11.0 Å². The van der Waals surface area contributed by atoms with E-state index in [2.05, 4.69) is 0 Å². The molecular weight excluding hydrogens is 210 g/mol. The zero-order valence-electron chi connectivity index (χ0n) is 9.81. The molecule has 1 aliphatic rings. The van der Waals surface area contributed by atoms with Crippen molar-refractivity contribution < 1.29 is 13.5 Å². The standard InChI is InChI=1S/C13H16F2O/c1-12(2,3)10-5-4-6-11-9(10)7-16-8-13(11,14)15/h4-6H,7-8H2,1-3H3. The molecule has 1 nitrogen and oxygen atoms in total. The lowest BCUT2D eigenvalue weighted by molar-refractivity contribution is -0.103. The molecule has 0 saturated carbocycles. The molecule has 1 heterocycles. The summed E-state index contributed by atoms with van der Waals surface area (Å²) < 4.78 is 32.3. The summed E-state index contributed by atoms with van der Waals surface area (Å²) in [7, 11) is 0. The van der Waals surface area contributed by atoms with Crippen molar-refractivity contribution in [3.8, 4) is 0 Å². The van der Waals surface area contributed by atoms with Crippen molar-refractivity contribution in [2.45, 2.75) is 38.7 Å². The number of rotatable bonds is 0. The van der Waals surface area contributed by atoms with Gasteiger partial charge in [-0.2, -0.15) is 8.78 Å². The minimum absolute atomic E-state index is 0.131. The van der Waals surface area contributed by atoms with Gasteiger partial charge in [0.15, 0.2) is 0 Å². The summed E-state index contributed by atoms with van der Waals surface area (Å²) in [6, 6.07) is 5.12. The molecule has 1 aromatic rings. The highest BCUT2D eigenvalue weighted by Gasteiger charge is 2.39. The Morgan fingerprint density at radius 3 is 2.56 bits per heavy atom. The third-order valence-corrected chi connectivity index (χ3v) is 2.91. The van der Waals surface area contributed by atoms with Gasteiger partial charge in [0.05, 0.1) is 6.61 Å². The Morgan fingerprint density at radius 2 is 1.94 bits per heavy atom.